The van der Waals surface area contributed by atoms with Crippen LogP contribution in [0, 0.1) is 12.8 Å². The summed E-state index contributed by atoms with van der Waals surface area (Å²) in [6, 6.07) is 0. The molecule has 0 aromatic carbocycles. The number of ether oxygens (including phenoxy) is 1. The number of carbonyl (C=O) groups excluding carboxylic acids is 2. The quantitative estimate of drug-likeness (QED) is 0.570. The first kappa shape index (κ1) is 25.6. The smallest absolute Gasteiger partial charge is 0.282 e. The van der Waals surface area contributed by atoms with E-state index in [1.165, 1.54) is 8.61 Å². The Morgan fingerprint density at radius 1 is 0.833 bits per heavy atom. The zero-order valence-corrected chi connectivity index (χ0v) is 21.9. The van der Waals surface area contributed by atoms with Crippen LogP contribution in [0.5, 0.6) is 0 Å². The van der Waals surface area contributed by atoms with Gasteiger partial charge in [0.1, 0.15) is 5.76 Å². The molecule has 36 heavy (non-hydrogen) atoms. The number of piperidine rings is 2. The lowest BCUT2D eigenvalue weighted by Crippen LogP contribution is -2.52. The van der Waals surface area contributed by atoms with Gasteiger partial charge in [0.05, 0.1) is 13.2 Å². The van der Waals surface area contributed by atoms with Gasteiger partial charge in [-0.2, -0.15) is 17.0 Å². The van der Waals surface area contributed by atoms with E-state index in [0.29, 0.717) is 82.7 Å². The molecule has 0 radical (unpaired) electrons. The van der Waals surface area contributed by atoms with Crippen molar-refractivity contribution >= 4 is 22.0 Å². The standard InChI is InChI=1S/C24H37N5O6S/c1-18-21(24(31)26-8-2-3-9-26)25-22(35-18)19-4-10-27(11-5-19)23(30)20-6-12-28(13-7-20)36(32,33)29-14-16-34-17-15-29/h19-20H,2-17H2,1H3. The van der Waals surface area contributed by atoms with Gasteiger partial charge in [-0.1, -0.05) is 0 Å². The van der Waals surface area contributed by atoms with Gasteiger partial charge >= 0.3 is 0 Å². The molecule has 4 fully saturated rings. The van der Waals surface area contributed by atoms with Crippen LogP contribution in [0.1, 0.15) is 66.6 Å². The topological polar surface area (TPSA) is 117 Å². The maximum absolute atomic E-state index is 13.2. The summed E-state index contributed by atoms with van der Waals surface area (Å²) in [7, 11) is -3.49. The third-order valence-electron chi connectivity index (χ3n) is 7.99. The van der Waals surface area contributed by atoms with E-state index in [4.69, 9.17) is 9.15 Å². The first-order chi connectivity index (χ1) is 17.3. The van der Waals surface area contributed by atoms with E-state index in [0.717, 1.165) is 38.8 Å². The van der Waals surface area contributed by atoms with Gasteiger partial charge < -0.3 is 19.0 Å². The van der Waals surface area contributed by atoms with Crippen LogP contribution in [-0.4, -0.2) is 109 Å². The van der Waals surface area contributed by atoms with E-state index in [2.05, 4.69) is 4.98 Å². The van der Waals surface area contributed by atoms with Crippen molar-refractivity contribution < 1.29 is 27.2 Å². The molecule has 1 aromatic rings. The molecule has 5 heterocycles. The van der Waals surface area contributed by atoms with Crippen molar-refractivity contribution in [1.29, 1.82) is 0 Å². The van der Waals surface area contributed by atoms with E-state index in [1.807, 2.05) is 9.80 Å². The van der Waals surface area contributed by atoms with Gasteiger partial charge in [0, 0.05) is 64.2 Å². The second kappa shape index (κ2) is 10.8. The molecule has 0 spiro atoms. The molecular weight excluding hydrogens is 486 g/mol. The van der Waals surface area contributed by atoms with E-state index >= 15 is 0 Å². The maximum atomic E-state index is 13.2. The molecule has 200 valence electrons. The molecular formula is C24H37N5O6S. The Hall–Kier alpha value is -2.02. The molecule has 0 bridgehead atoms. The number of rotatable bonds is 5. The number of carbonyl (C=O) groups is 2. The molecule has 4 aliphatic rings. The highest BCUT2D eigenvalue weighted by Gasteiger charge is 2.38. The molecule has 5 rings (SSSR count). The number of aryl methyl sites for hydroxylation is 1. The minimum atomic E-state index is -3.49. The number of nitrogens with zero attached hydrogens (tertiary/aromatic N) is 5. The fourth-order valence-electron chi connectivity index (χ4n) is 5.74. The largest absolute Gasteiger partial charge is 0.445 e. The number of likely N-dealkylation sites (tertiary alicyclic amines) is 2. The molecule has 1 aromatic heterocycles. The van der Waals surface area contributed by atoms with Crippen molar-refractivity contribution in [1.82, 2.24) is 23.4 Å². The van der Waals surface area contributed by atoms with E-state index in [-0.39, 0.29) is 23.7 Å². The van der Waals surface area contributed by atoms with Crippen molar-refractivity contribution in [3.05, 3.63) is 17.3 Å². The van der Waals surface area contributed by atoms with Gasteiger partial charge in [-0.3, -0.25) is 9.59 Å². The number of hydrogen-bond donors (Lipinski definition) is 0. The maximum Gasteiger partial charge on any atom is 0.282 e. The molecule has 0 N–H and O–H groups in total. The Balaban J connectivity index is 1.12. The van der Waals surface area contributed by atoms with Crippen LogP contribution >= 0.6 is 0 Å². The second-order valence-corrected chi connectivity index (χ2v) is 12.2. The number of aromatic nitrogens is 1. The Kier molecular flexibility index (Phi) is 7.66. The minimum Gasteiger partial charge on any atom is -0.445 e. The van der Waals surface area contributed by atoms with E-state index in [1.54, 1.807) is 6.92 Å². The Morgan fingerprint density at radius 3 is 2.08 bits per heavy atom. The molecule has 0 saturated carbocycles. The predicted molar refractivity (Wildman–Crippen MR) is 131 cm³/mol. The van der Waals surface area contributed by atoms with Crippen LogP contribution in [0.3, 0.4) is 0 Å². The van der Waals surface area contributed by atoms with E-state index < -0.39 is 10.2 Å². The average molecular weight is 524 g/mol. The van der Waals surface area contributed by atoms with Crippen molar-refractivity contribution in [3.63, 3.8) is 0 Å². The Labute approximate surface area is 212 Å². The van der Waals surface area contributed by atoms with Crippen LogP contribution in [0.15, 0.2) is 4.42 Å². The van der Waals surface area contributed by atoms with Gasteiger partial charge in [-0.25, -0.2) is 4.98 Å². The second-order valence-electron chi connectivity index (χ2n) is 10.2. The lowest BCUT2D eigenvalue weighted by atomic mass is 9.92. The predicted octanol–water partition coefficient (Wildman–Crippen LogP) is 1.21. The highest BCUT2D eigenvalue weighted by atomic mass is 32.2. The van der Waals surface area contributed by atoms with Gasteiger partial charge in [-0.05, 0) is 45.4 Å². The van der Waals surface area contributed by atoms with Gasteiger partial charge in [-0.15, -0.1) is 0 Å². The number of amides is 2. The SMILES string of the molecule is Cc1oc(C2CCN(C(=O)C3CCN(S(=O)(=O)N4CCOCC4)CC3)CC2)nc1C(=O)N1CCCC1. The summed E-state index contributed by atoms with van der Waals surface area (Å²) in [5.41, 5.74) is 0.421. The summed E-state index contributed by atoms with van der Waals surface area (Å²) in [6.07, 6.45) is 4.64. The third kappa shape index (κ3) is 5.18. The van der Waals surface area contributed by atoms with Crippen LogP contribution in [-0.2, 0) is 19.7 Å². The Bertz CT molecular complexity index is 1050. The molecule has 12 heteroatoms. The third-order valence-corrected chi connectivity index (χ3v) is 10.0. The number of oxazole rings is 1. The molecule has 0 atom stereocenters. The first-order valence-corrected chi connectivity index (χ1v) is 14.6. The minimum absolute atomic E-state index is 0.0467. The van der Waals surface area contributed by atoms with Crippen LogP contribution in [0.2, 0.25) is 0 Å². The van der Waals surface area contributed by atoms with Crippen LogP contribution in [0.25, 0.3) is 0 Å². The molecule has 4 aliphatic heterocycles. The lowest BCUT2D eigenvalue weighted by Gasteiger charge is -2.38. The van der Waals surface area contributed by atoms with E-state index in [9.17, 15) is 18.0 Å². The molecule has 0 unspecified atom stereocenters. The Morgan fingerprint density at radius 2 is 1.44 bits per heavy atom. The highest BCUT2D eigenvalue weighted by molar-refractivity contribution is 7.86. The summed E-state index contributed by atoms with van der Waals surface area (Å²) in [5.74, 6) is 1.18. The summed E-state index contributed by atoms with van der Waals surface area (Å²) < 4.78 is 40.0. The number of morpholine rings is 1. The lowest BCUT2D eigenvalue weighted by molar-refractivity contribution is -0.137. The van der Waals surface area contributed by atoms with Crippen molar-refractivity contribution in [2.45, 2.75) is 51.4 Å². The molecule has 2 amide bonds. The van der Waals surface area contributed by atoms with Crippen LogP contribution in [0.4, 0.5) is 0 Å². The normalized spacial score (nSPS) is 23.9. The first-order valence-electron chi connectivity index (χ1n) is 13.2. The van der Waals surface area contributed by atoms with Crippen molar-refractivity contribution in [2.75, 3.05) is 65.6 Å². The summed E-state index contributed by atoms with van der Waals surface area (Å²) in [5, 5.41) is 0. The summed E-state index contributed by atoms with van der Waals surface area (Å²) >= 11 is 0. The van der Waals surface area contributed by atoms with Gasteiger partial charge in [0.15, 0.2) is 11.6 Å². The fraction of sp³-hybridized carbons (Fsp3) is 0.792. The van der Waals surface area contributed by atoms with Crippen molar-refractivity contribution in [2.24, 2.45) is 5.92 Å². The highest BCUT2D eigenvalue weighted by Crippen LogP contribution is 2.31. The zero-order chi connectivity index (χ0) is 25.3. The monoisotopic (exact) mass is 523 g/mol. The average Bonchev–Trinajstić information content (AvgIpc) is 3.59. The molecule has 0 aliphatic carbocycles. The fourth-order valence-corrected chi connectivity index (χ4v) is 7.35. The molecule has 11 nitrogen and oxygen atoms in total. The zero-order valence-electron chi connectivity index (χ0n) is 21.1. The van der Waals surface area contributed by atoms with Gasteiger partial charge in [0.2, 0.25) is 5.91 Å². The van der Waals surface area contributed by atoms with Gasteiger partial charge in [0.25, 0.3) is 16.1 Å². The van der Waals surface area contributed by atoms with Crippen molar-refractivity contribution in [3.8, 4) is 0 Å². The number of hydrogen-bond acceptors (Lipinski definition) is 7. The summed E-state index contributed by atoms with van der Waals surface area (Å²) in [6.45, 7) is 6.94. The summed E-state index contributed by atoms with van der Waals surface area (Å²) in [4.78, 5) is 34.3. The van der Waals surface area contributed by atoms with Crippen LogP contribution < -0.4 is 0 Å². The molecule has 4 saturated heterocycles.